The topological polar surface area (TPSA) is 88.5 Å². The van der Waals surface area contributed by atoms with E-state index in [0.717, 1.165) is 11.3 Å². The van der Waals surface area contributed by atoms with Gasteiger partial charge in [0, 0.05) is 17.4 Å². The Kier molecular flexibility index (Phi) is 3.80. The van der Waals surface area contributed by atoms with Crippen LogP contribution in [0.2, 0.25) is 0 Å². The Hall–Kier alpha value is -3.74. The van der Waals surface area contributed by atoms with E-state index in [1.807, 2.05) is 54.6 Å². The molecular weight excluding hydrogens is 316 g/mol. The van der Waals surface area contributed by atoms with Gasteiger partial charge in [-0.2, -0.15) is 10.2 Å². The average molecular weight is 330 g/mol. The van der Waals surface area contributed by atoms with Gasteiger partial charge in [0.1, 0.15) is 6.33 Å². The first-order chi connectivity index (χ1) is 12.3. The van der Waals surface area contributed by atoms with Crippen LogP contribution in [0, 0.1) is 0 Å². The van der Waals surface area contributed by atoms with Gasteiger partial charge in [-0.3, -0.25) is 9.89 Å². The lowest BCUT2D eigenvalue weighted by Gasteiger charge is -2.05. The Bertz CT molecular complexity index is 991. The van der Waals surface area contributed by atoms with Crippen LogP contribution in [0.4, 0.5) is 5.69 Å². The molecule has 2 N–H and O–H groups in total. The number of benzene rings is 2. The van der Waals surface area contributed by atoms with Crippen molar-refractivity contribution < 1.29 is 4.79 Å². The van der Waals surface area contributed by atoms with Gasteiger partial charge in [0.15, 0.2) is 11.5 Å². The minimum atomic E-state index is -0.274. The molecule has 25 heavy (non-hydrogen) atoms. The van der Waals surface area contributed by atoms with Gasteiger partial charge in [0.25, 0.3) is 5.91 Å². The fourth-order valence-corrected chi connectivity index (χ4v) is 2.45. The van der Waals surface area contributed by atoms with Crippen LogP contribution >= 0.6 is 0 Å². The van der Waals surface area contributed by atoms with E-state index in [1.54, 1.807) is 16.9 Å². The SMILES string of the molecule is O=C(Nc1cccc(-c2ncn[nH]2)c1)c1ccn(-c2ccccc2)n1. The monoisotopic (exact) mass is 330 g/mol. The van der Waals surface area contributed by atoms with E-state index in [9.17, 15) is 4.79 Å². The average Bonchev–Trinajstić information content (AvgIpc) is 3.35. The van der Waals surface area contributed by atoms with Crippen molar-refractivity contribution in [2.75, 3.05) is 5.32 Å². The summed E-state index contributed by atoms with van der Waals surface area (Å²) in [6.45, 7) is 0. The molecule has 1 amide bonds. The van der Waals surface area contributed by atoms with Crippen LogP contribution in [0.3, 0.4) is 0 Å². The summed E-state index contributed by atoms with van der Waals surface area (Å²) >= 11 is 0. The van der Waals surface area contributed by atoms with E-state index < -0.39 is 0 Å². The van der Waals surface area contributed by atoms with Gasteiger partial charge >= 0.3 is 0 Å². The molecule has 122 valence electrons. The summed E-state index contributed by atoms with van der Waals surface area (Å²) in [5, 5.41) is 13.8. The zero-order chi connectivity index (χ0) is 17.1. The van der Waals surface area contributed by atoms with Crippen molar-refractivity contribution in [2.24, 2.45) is 0 Å². The lowest BCUT2D eigenvalue weighted by Crippen LogP contribution is -2.13. The molecule has 0 aliphatic rings. The fourth-order valence-electron chi connectivity index (χ4n) is 2.45. The van der Waals surface area contributed by atoms with Crippen LogP contribution < -0.4 is 5.32 Å². The summed E-state index contributed by atoms with van der Waals surface area (Å²) in [7, 11) is 0. The Morgan fingerprint density at radius 3 is 2.72 bits per heavy atom. The number of para-hydroxylation sites is 1. The molecule has 0 atom stereocenters. The van der Waals surface area contributed by atoms with Crippen LogP contribution in [0.15, 0.2) is 73.2 Å². The molecule has 2 heterocycles. The summed E-state index contributed by atoms with van der Waals surface area (Å²) in [5.41, 5.74) is 2.74. The molecule has 2 aromatic heterocycles. The number of nitrogens with one attached hydrogen (secondary N) is 2. The molecule has 4 aromatic rings. The second-order valence-electron chi connectivity index (χ2n) is 5.35. The minimum absolute atomic E-state index is 0.274. The molecule has 0 bridgehead atoms. The molecule has 0 saturated heterocycles. The third-order valence-electron chi connectivity index (χ3n) is 3.65. The summed E-state index contributed by atoms with van der Waals surface area (Å²) in [5.74, 6) is 0.369. The van der Waals surface area contributed by atoms with E-state index in [1.165, 1.54) is 6.33 Å². The Morgan fingerprint density at radius 1 is 1.04 bits per heavy atom. The van der Waals surface area contributed by atoms with Crippen molar-refractivity contribution in [1.29, 1.82) is 0 Å². The zero-order valence-corrected chi connectivity index (χ0v) is 13.1. The van der Waals surface area contributed by atoms with Crippen molar-refractivity contribution >= 4 is 11.6 Å². The maximum atomic E-state index is 12.4. The number of amides is 1. The largest absolute Gasteiger partial charge is 0.321 e. The number of carbonyl (C=O) groups is 1. The second kappa shape index (κ2) is 6.40. The van der Waals surface area contributed by atoms with Crippen molar-refractivity contribution in [2.45, 2.75) is 0 Å². The second-order valence-corrected chi connectivity index (χ2v) is 5.35. The highest BCUT2D eigenvalue weighted by molar-refractivity contribution is 6.03. The van der Waals surface area contributed by atoms with Crippen LogP contribution in [0.25, 0.3) is 17.1 Å². The molecule has 0 unspecified atom stereocenters. The zero-order valence-electron chi connectivity index (χ0n) is 13.1. The summed E-state index contributed by atoms with van der Waals surface area (Å²) in [4.78, 5) is 16.5. The molecule has 7 nitrogen and oxygen atoms in total. The standard InChI is InChI=1S/C18H14N6O/c25-18(16-9-10-24(23-16)15-7-2-1-3-8-15)21-14-6-4-5-13(11-14)17-19-12-20-22-17/h1-12H,(H,21,25)(H,19,20,22). The van der Waals surface area contributed by atoms with Crippen molar-refractivity contribution in [1.82, 2.24) is 25.0 Å². The number of nitrogens with zero attached hydrogens (tertiary/aromatic N) is 4. The Morgan fingerprint density at radius 2 is 1.92 bits per heavy atom. The first kappa shape index (κ1) is 14.8. The molecule has 4 rings (SSSR count). The number of hydrogen-bond donors (Lipinski definition) is 2. The molecule has 0 saturated carbocycles. The highest BCUT2D eigenvalue weighted by Crippen LogP contribution is 2.19. The van der Waals surface area contributed by atoms with E-state index >= 15 is 0 Å². The number of carbonyl (C=O) groups excluding carboxylic acids is 1. The van der Waals surface area contributed by atoms with Gasteiger partial charge in [0.05, 0.1) is 5.69 Å². The molecule has 2 aromatic carbocycles. The summed E-state index contributed by atoms with van der Waals surface area (Å²) < 4.78 is 1.67. The predicted octanol–water partition coefficient (Wildman–Crippen LogP) is 2.91. The summed E-state index contributed by atoms with van der Waals surface area (Å²) in [6.07, 6.45) is 3.20. The highest BCUT2D eigenvalue weighted by Gasteiger charge is 2.11. The van der Waals surface area contributed by atoms with E-state index in [4.69, 9.17) is 0 Å². The lowest BCUT2D eigenvalue weighted by atomic mass is 10.2. The number of H-pyrrole nitrogens is 1. The molecule has 7 heteroatoms. The molecular formula is C18H14N6O. The van der Waals surface area contributed by atoms with Gasteiger partial charge in [0.2, 0.25) is 0 Å². The predicted molar refractivity (Wildman–Crippen MR) is 93.3 cm³/mol. The van der Waals surface area contributed by atoms with Crippen LogP contribution in [-0.4, -0.2) is 30.9 Å². The molecule has 0 aliphatic heterocycles. The van der Waals surface area contributed by atoms with Crippen molar-refractivity contribution in [3.05, 3.63) is 78.9 Å². The first-order valence-electron chi connectivity index (χ1n) is 7.68. The third-order valence-corrected chi connectivity index (χ3v) is 3.65. The molecule has 0 spiro atoms. The smallest absolute Gasteiger partial charge is 0.276 e. The number of aromatic nitrogens is 5. The third kappa shape index (κ3) is 3.16. The first-order valence-corrected chi connectivity index (χ1v) is 7.68. The van der Waals surface area contributed by atoms with Crippen LogP contribution in [0.5, 0.6) is 0 Å². The van der Waals surface area contributed by atoms with Gasteiger partial charge in [-0.25, -0.2) is 9.67 Å². The number of anilines is 1. The van der Waals surface area contributed by atoms with Gasteiger partial charge in [-0.15, -0.1) is 0 Å². The maximum absolute atomic E-state index is 12.4. The molecule has 0 radical (unpaired) electrons. The van der Waals surface area contributed by atoms with Crippen LogP contribution in [-0.2, 0) is 0 Å². The van der Waals surface area contributed by atoms with Crippen molar-refractivity contribution in [3.8, 4) is 17.1 Å². The summed E-state index contributed by atoms with van der Waals surface area (Å²) in [6, 6.07) is 18.7. The molecule has 0 fully saturated rings. The lowest BCUT2D eigenvalue weighted by molar-refractivity contribution is 0.102. The normalized spacial score (nSPS) is 10.6. The van der Waals surface area contributed by atoms with Crippen molar-refractivity contribution in [3.63, 3.8) is 0 Å². The number of hydrogen-bond acceptors (Lipinski definition) is 4. The van der Waals surface area contributed by atoms with Crippen LogP contribution in [0.1, 0.15) is 10.5 Å². The Balaban J connectivity index is 1.53. The fraction of sp³-hybridized carbons (Fsp3) is 0. The highest BCUT2D eigenvalue weighted by atomic mass is 16.1. The quantitative estimate of drug-likeness (QED) is 0.602. The van der Waals surface area contributed by atoms with E-state index in [2.05, 4.69) is 25.6 Å². The van der Waals surface area contributed by atoms with E-state index in [0.29, 0.717) is 17.2 Å². The molecule has 0 aliphatic carbocycles. The van der Waals surface area contributed by atoms with Gasteiger partial charge in [-0.1, -0.05) is 30.3 Å². The number of rotatable bonds is 4. The number of aromatic amines is 1. The minimum Gasteiger partial charge on any atom is -0.321 e. The van der Waals surface area contributed by atoms with Gasteiger partial charge in [-0.05, 0) is 30.3 Å². The van der Waals surface area contributed by atoms with E-state index in [-0.39, 0.29) is 5.91 Å². The van der Waals surface area contributed by atoms with Gasteiger partial charge < -0.3 is 5.32 Å². The Labute approximate surface area is 143 Å². The maximum Gasteiger partial charge on any atom is 0.276 e.